The van der Waals surface area contributed by atoms with Crippen LogP contribution in [0.5, 0.6) is 0 Å². The van der Waals surface area contributed by atoms with Gasteiger partial charge in [-0.05, 0) is 32.6 Å². The van der Waals surface area contributed by atoms with Crippen LogP contribution in [0.3, 0.4) is 0 Å². The molecule has 1 aromatic rings. The Bertz CT molecular complexity index is 1310. The van der Waals surface area contributed by atoms with Gasteiger partial charge < -0.3 is 4.74 Å². The fourth-order valence-electron chi connectivity index (χ4n) is 4.58. The van der Waals surface area contributed by atoms with Crippen molar-refractivity contribution in [2.24, 2.45) is 21.7 Å². The summed E-state index contributed by atoms with van der Waals surface area (Å²) in [4.78, 5) is 60.4. The lowest BCUT2D eigenvalue weighted by molar-refractivity contribution is -0.169. The van der Waals surface area contributed by atoms with Crippen LogP contribution in [-0.4, -0.2) is 35.2 Å². The quantitative estimate of drug-likeness (QED) is 0.198. The number of fused-ring (bicyclic) bond motifs is 2. The molecule has 4 amide bonds. The lowest BCUT2D eigenvalue weighted by Crippen LogP contribution is -2.56. The largest absolute Gasteiger partial charge is 0.448 e. The molecule has 3 rings (SSSR count). The van der Waals surface area contributed by atoms with Gasteiger partial charge in [-0.1, -0.05) is 55.4 Å². The molecule has 1 aliphatic heterocycles. The van der Waals surface area contributed by atoms with E-state index in [-0.39, 0.29) is 11.9 Å². The summed E-state index contributed by atoms with van der Waals surface area (Å²) in [5, 5.41) is 4.10. The standard InChI is InChI=1S/C16H25NO4.C13H12F5NO2/c1-7-13(2,3)10(18)17-11(19)16-9-8-15(6,12(20)21-16)14(16,4)5;1-4-13(2,3)12(21)19-11(20)5-6(14)8(16)10(18)9(17)7(5)15/h7-9H2,1-6H3,(H,17,18,19);4H2,1-3H3,(H,19,20,21). The molecule has 13 heteroatoms. The van der Waals surface area contributed by atoms with E-state index in [4.69, 9.17) is 4.74 Å². The fourth-order valence-corrected chi connectivity index (χ4v) is 4.58. The Hall–Kier alpha value is -3.38. The molecule has 1 heterocycles. The van der Waals surface area contributed by atoms with E-state index in [1.54, 1.807) is 26.1 Å². The van der Waals surface area contributed by atoms with Gasteiger partial charge in [0.2, 0.25) is 17.6 Å². The van der Waals surface area contributed by atoms with Crippen LogP contribution >= 0.6 is 0 Å². The maximum atomic E-state index is 13.4. The minimum absolute atomic E-state index is 0.295. The first kappa shape index (κ1) is 34.8. The third-order valence-electron chi connectivity index (χ3n) is 9.34. The van der Waals surface area contributed by atoms with Crippen LogP contribution in [0.1, 0.15) is 98.4 Å². The zero-order valence-electron chi connectivity index (χ0n) is 25.2. The van der Waals surface area contributed by atoms with Crippen molar-refractivity contribution in [3.63, 3.8) is 0 Å². The number of carbonyl (C=O) groups excluding carboxylic acids is 5. The lowest BCUT2D eigenvalue weighted by atomic mass is 9.66. The van der Waals surface area contributed by atoms with Crippen molar-refractivity contribution in [1.82, 2.24) is 10.6 Å². The number of imide groups is 2. The molecule has 2 bridgehead atoms. The first-order chi connectivity index (χ1) is 19.0. The second-order valence-electron chi connectivity index (χ2n) is 12.7. The maximum Gasteiger partial charge on any atom is 0.313 e. The molecule has 8 nitrogen and oxygen atoms in total. The number of rotatable bonds is 6. The van der Waals surface area contributed by atoms with E-state index in [0.717, 1.165) is 0 Å². The first-order valence-electron chi connectivity index (χ1n) is 13.5. The topological polar surface area (TPSA) is 119 Å². The smallest absolute Gasteiger partial charge is 0.313 e. The molecule has 234 valence electrons. The van der Waals surface area contributed by atoms with E-state index < -0.39 is 79.6 Å². The first-order valence-corrected chi connectivity index (χ1v) is 13.5. The highest BCUT2D eigenvalue weighted by Gasteiger charge is 2.75. The number of ether oxygens (including phenoxy) is 1. The average Bonchev–Trinajstić information content (AvgIpc) is 3.21. The molecule has 2 fully saturated rings. The average molecular weight is 605 g/mol. The third kappa shape index (κ3) is 5.42. The summed E-state index contributed by atoms with van der Waals surface area (Å²) in [5.41, 5.74) is -5.86. The molecule has 2 aliphatic rings. The predicted molar refractivity (Wildman–Crippen MR) is 140 cm³/mol. The van der Waals surface area contributed by atoms with E-state index in [0.29, 0.717) is 25.7 Å². The molecule has 0 radical (unpaired) electrons. The zero-order chi connectivity index (χ0) is 32.8. The number of esters is 1. The summed E-state index contributed by atoms with van der Waals surface area (Å²) in [7, 11) is 0. The van der Waals surface area contributed by atoms with E-state index in [1.165, 1.54) is 13.8 Å². The Morgan fingerprint density at radius 1 is 0.738 bits per heavy atom. The normalized spacial score (nSPS) is 22.6. The molecule has 1 saturated carbocycles. The Morgan fingerprint density at radius 3 is 1.50 bits per heavy atom. The van der Waals surface area contributed by atoms with E-state index in [2.05, 4.69) is 5.32 Å². The van der Waals surface area contributed by atoms with Gasteiger partial charge in [0, 0.05) is 16.2 Å². The number of benzene rings is 1. The molecule has 1 saturated heterocycles. The van der Waals surface area contributed by atoms with Gasteiger partial charge >= 0.3 is 5.97 Å². The second kappa shape index (κ2) is 11.4. The Kier molecular flexibility index (Phi) is 9.42. The summed E-state index contributed by atoms with van der Waals surface area (Å²) >= 11 is 0. The number of hydrogen-bond donors (Lipinski definition) is 2. The van der Waals surface area contributed by atoms with Crippen molar-refractivity contribution in [2.75, 3.05) is 0 Å². The SMILES string of the molecule is CCC(C)(C)C(=O)NC(=O)C12CCC(C)(C(=O)O1)C2(C)C.CCC(C)(C)C(=O)NC(=O)c1c(F)c(F)c(F)c(F)c1F. The summed E-state index contributed by atoms with van der Waals surface area (Å²) < 4.78 is 71.0. The van der Waals surface area contributed by atoms with Crippen LogP contribution in [0.2, 0.25) is 0 Å². The minimum atomic E-state index is -2.37. The summed E-state index contributed by atoms with van der Waals surface area (Å²) in [6, 6.07) is 0. The molecule has 2 atom stereocenters. The summed E-state index contributed by atoms with van der Waals surface area (Å²) in [6.45, 7) is 15.6. The van der Waals surface area contributed by atoms with Crippen LogP contribution in [0.4, 0.5) is 22.0 Å². The van der Waals surface area contributed by atoms with Gasteiger partial charge in [-0.3, -0.25) is 34.6 Å². The van der Waals surface area contributed by atoms with Gasteiger partial charge in [0.25, 0.3) is 11.8 Å². The van der Waals surface area contributed by atoms with Crippen molar-refractivity contribution in [3.05, 3.63) is 34.6 Å². The van der Waals surface area contributed by atoms with Crippen molar-refractivity contribution in [2.45, 2.75) is 93.6 Å². The predicted octanol–water partition coefficient (Wildman–Crippen LogP) is 5.26. The van der Waals surface area contributed by atoms with Gasteiger partial charge in [-0.25, -0.2) is 22.0 Å². The number of nitrogens with one attached hydrogen (secondary N) is 2. The van der Waals surface area contributed by atoms with E-state index in [9.17, 15) is 45.9 Å². The molecule has 2 unspecified atom stereocenters. The van der Waals surface area contributed by atoms with Gasteiger partial charge in [0.15, 0.2) is 28.9 Å². The Labute approximate surface area is 241 Å². The van der Waals surface area contributed by atoms with Crippen molar-refractivity contribution >= 4 is 29.6 Å². The van der Waals surface area contributed by atoms with Gasteiger partial charge in [0.05, 0.1) is 5.41 Å². The third-order valence-corrected chi connectivity index (χ3v) is 9.34. The molecule has 1 aliphatic carbocycles. The monoisotopic (exact) mass is 604 g/mol. The minimum Gasteiger partial charge on any atom is -0.448 e. The van der Waals surface area contributed by atoms with Gasteiger partial charge in [0.1, 0.15) is 5.56 Å². The second-order valence-corrected chi connectivity index (χ2v) is 12.7. The van der Waals surface area contributed by atoms with E-state index in [1.807, 2.05) is 27.7 Å². The molecule has 0 spiro atoms. The fraction of sp³-hybridized carbons (Fsp3) is 0.621. The molecular weight excluding hydrogens is 567 g/mol. The highest BCUT2D eigenvalue weighted by atomic mass is 19.2. The van der Waals surface area contributed by atoms with Crippen molar-refractivity contribution in [1.29, 1.82) is 0 Å². The van der Waals surface area contributed by atoms with Crippen molar-refractivity contribution in [3.8, 4) is 0 Å². The van der Waals surface area contributed by atoms with Gasteiger partial charge in [-0.2, -0.15) is 0 Å². The van der Waals surface area contributed by atoms with E-state index >= 15 is 0 Å². The van der Waals surface area contributed by atoms with Gasteiger partial charge in [-0.15, -0.1) is 0 Å². The Balaban J connectivity index is 0.000000293. The number of hydrogen-bond acceptors (Lipinski definition) is 6. The maximum absolute atomic E-state index is 13.4. The molecule has 2 N–H and O–H groups in total. The van der Waals surface area contributed by atoms with Crippen LogP contribution < -0.4 is 10.6 Å². The molecule has 42 heavy (non-hydrogen) atoms. The van der Waals surface area contributed by atoms with Crippen molar-refractivity contribution < 1.29 is 50.7 Å². The number of halogens is 5. The number of amides is 4. The van der Waals surface area contributed by atoms with Crippen LogP contribution in [0.15, 0.2) is 0 Å². The number of carbonyl (C=O) groups is 5. The Morgan fingerprint density at radius 2 is 1.14 bits per heavy atom. The highest BCUT2D eigenvalue weighted by Crippen LogP contribution is 2.65. The summed E-state index contributed by atoms with van der Waals surface area (Å²) in [6.07, 6.45) is 1.99. The molecule has 0 aromatic heterocycles. The molecule has 1 aromatic carbocycles. The van der Waals surface area contributed by atoms with Crippen LogP contribution in [-0.2, 0) is 23.9 Å². The van der Waals surface area contributed by atoms with Crippen LogP contribution in [0.25, 0.3) is 0 Å². The summed E-state index contributed by atoms with van der Waals surface area (Å²) in [5.74, 6) is -15.2. The lowest BCUT2D eigenvalue weighted by Gasteiger charge is -2.35. The van der Waals surface area contributed by atoms with Crippen LogP contribution in [0, 0.1) is 50.7 Å². The zero-order valence-corrected chi connectivity index (χ0v) is 25.2. The molecular formula is C29H37F5N2O6. The highest BCUT2D eigenvalue weighted by molar-refractivity contribution is 6.06.